The van der Waals surface area contributed by atoms with Gasteiger partial charge in [-0.15, -0.1) is 0 Å². The number of rotatable bonds is 2. The van der Waals surface area contributed by atoms with Crippen LogP contribution in [-0.4, -0.2) is 11.7 Å². The molecule has 2 aromatic carbocycles. The molecule has 1 aliphatic rings. The van der Waals surface area contributed by atoms with Crippen molar-refractivity contribution in [1.29, 1.82) is 0 Å². The van der Waals surface area contributed by atoms with E-state index in [0.29, 0.717) is 0 Å². The van der Waals surface area contributed by atoms with Crippen molar-refractivity contribution in [3.05, 3.63) is 65.2 Å². The van der Waals surface area contributed by atoms with E-state index in [9.17, 15) is 5.11 Å². The molecule has 2 nitrogen and oxygen atoms in total. The summed E-state index contributed by atoms with van der Waals surface area (Å²) in [6.45, 7) is 3.92. The molecular weight excluding hydrogens is 234 g/mol. The first kappa shape index (κ1) is 12.2. The smallest absolute Gasteiger partial charge is 0.0826 e. The number of anilines is 1. The molecule has 2 aromatic rings. The maximum absolute atomic E-state index is 10.1. The lowest BCUT2D eigenvalue weighted by atomic mass is 9.98. The molecule has 2 heteroatoms. The van der Waals surface area contributed by atoms with Crippen LogP contribution < -0.4 is 4.90 Å². The first-order valence-electron chi connectivity index (χ1n) is 6.81. The highest BCUT2D eigenvalue weighted by Gasteiger charge is 2.22. The number of para-hydroxylation sites is 1. The van der Waals surface area contributed by atoms with Crippen LogP contribution in [0.3, 0.4) is 0 Å². The van der Waals surface area contributed by atoms with Gasteiger partial charge in [0.2, 0.25) is 0 Å². The summed E-state index contributed by atoms with van der Waals surface area (Å²) in [5.41, 5.74) is 4.83. The number of fused-ring (bicyclic) bond motifs is 1. The zero-order valence-corrected chi connectivity index (χ0v) is 11.2. The monoisotopic (exact) mass is 253 g/mol. The molecule has 3 rings (SSSR count). The first-order chi connectivity index (χ1) is 9.24. The lowest BCUT2D eigenvalue weighted by molar-refractivity contribution is 0.164. The van der Waals surface area contributed by atoms with E-state index < -0.39 is 0 Å². The molecule has 1 unspecified atom stereocenters. The first-order valence-corrected chi connectivity index (χ1v) is 6.81. The van der Waals surface area contributed by atoms with Crippen LogP contribution in [0.25, 0.3) is 0 Å². The summed E-state index contributed by atoms with van der Waals surface area (Å²) in [6.07, 6.45) is 0.494. The molecule has 0 spiro atoms. The minimum atomic E-state index is -0.314. The highest BCUT2D eigenvalue weighted by molar-refractivity contribution is 5.56. The van der Waals surface area contributed by atoms with Crippen molar-refractivity contribution in [3.8, 4) is 0 Å². The van der Waals surface area contributed by atoms with E-state index in [-0.39, 0.29) is 6.10 Å². The number of aryl methyl sites for hydroxylation is 1. The van der Waals surface area contributed by atoms with Gasteiger partial charge in [-0.3, -0.25) is 0 Å². The van der Waals surface area contributed by atoms with Crippen LogP contribution >= 0.6 is 0 Å². The number of hydrogen-bond acceptors (Lipinski definition) is 2. The van der Waals surface area contributed by atoms with Crippen LogP contribution in [0.1, 0.15) is 29.2 Å². The Morgan fingerprint density at radius 3 is 2.63 bits per heavy atom. The fraction of sp³-hybridized carbons (Fsp3) is 0.294. The predicted molar refractivity (Wildman–Crippen MR) is 78.2 cm³/mol. The van der Waals surface area contributed by atoms with Crippen LogP contribution in [0.5, 0.6) is 0 Å². The minimum Gasteiger partial charge on any atom is -0.388 e. The minimum absolute atomic E-state index is 0.314. The molecule has 0 saturated heterocycles. The molecular formula is C17H19NO. The van der Waals surface area contributed by atoms with Gasteiger partial charge in [-0.1, -0.05) is 48.0 Å². The number of nitrogens with zero attached hydrogens (tertiary/aromatic N) is 1. The number of benzene rings is 2. The highest BCUT2D eigenvalue weighted by atomic mass is 16.3. The van der Waals surface area contributed by atoms with E-state index in [1.165, 1.54) is 16.8 Å². The van der Waals surface area contributed by atoms with E-state index in [0.717, 1.165) is 25.1 Å². The molecule has 1 heterocycles. The maximum Gasteiger partial charge on any atom is 0.0826 e. The predicted octanol–water partition coefficient (Wildman–Crippen LogP) is 3.44. The maximum atomic E-state index is 10.1. The van der Waals surface area contributed by atoms with Gasteiger partial charge in [0.25, 0.3) is 0 Å². The molecule has 1 N–H and O–H groups in total. The van der Waals surface area contributed by atoms with Crippen LogP contribution in [0.2, 0.25) is 0 Å². The molecule has 19 heavy (non-hydrogen) atoms. The van der Waals surface area contributed by atoms with E-state index in [1.807, 2.05) is 18.2 Å². The summed E-state index contributed by atoms with van der Waals surface area (Å²) in [5, 5.41) is 10.1. The quantitative estimate of drug-likeness (QED) is 0.886. The van der Waals surface area contributed by atoms with Crippen molar-refractivity contribution in [2.75, 3.05) is 11.4 Å². The molecule has 98 valence electrons. The van der Waals surface area contributed by atoms with E-state index >= 15 is 0 Å². The molecule has 0 bridgehead atoms. The van der Waals surface area contributed by atoms with Gasteiger partial charge in [0, 0.05) is 24.3 Å². The van der Waals surface area contributed by atoms with E-state index in [4.69, 9.17) is 0 Å². The van der Waals surface area contributed by atoms with Gasteiger partial charge in [-0.2, -0.15) is 0 Å². The van der Waals surface area contributed by atoms with Gasteiger partial charge >= 0.3 is 0 Å². The zero-order chi connectivity index (χ0) is 13.2. The van der Waals surface area contributed by atoms with Crippen molar-refractivity contribution >= 4 is 5.69 Å². The highest BCUT2D eigenvalue weighted by Crippen LogP contribution is 2.34. The molecule has 0 fully saturated rings. The van der Waals surface area contributed by atoms with Gasteiger partial charge in [0.15, 0.2) is 0 Å². The summed E-state index contributed by atoms with van der Waals surface area (Å²) in [7, 11) is 0. The van der Waals surface area contributed by atoms with E-state index in [1.54, 1.807) is 0 Å². The van der Waals surface area contributed by atoms with Crippen LogP contribution in [0, 0.1) is 6.92 Å². The third-order valence-electron chi connectivity index (χ3n) is 3.80. The fourth-order valence-corrected chi connectivity index (χ4v) is 2.69. The summed E-state index contributed by atoms with van der Waals surface area (Å²) in [6, 6.07) is 16.8. The molecule has 0 amide bonds. The van der Waals surface area contributed by atoms with Gasteiger partial charge < -0.3 is 10.0 Å². The lowest BCUT2D eigenvalue weighted by Gasteiger charge is -2.33. The standard InChI is InChI=1S/C17H19NO/c1-13-6-8-14(9-7-13)12-18-11-10-17(19)15-4-2-3-5-16(15)18/h2-9,17,19H,10-12H2,1H3. The summed E-state index contributed by atoms with van der Waals surface area (Å²) in [4.78, 5) is 2.35. The number of aliphatic hydroxyl groups excluding tert-OH is 1. The normalized spacial score (nSPS) is 18.2. The Balaban J connectivity index is 1.86. The molecule has 0 aromatic heterocycles. The molecule has 0 aliphatic carbocycles. The molecule has 1 aliphatic heterocycles. The summed E-state index contributed by atoms with van der Waals surface area (Å²) in [5.74, 6) is 0. The second-order valence-electron chi connectivity index (χ2n) is 5.27. The molecule has 1 atom stereocenters. The van der Waals surface area contributed by atoms with Gasteiger partial charge in [-0.25, -0.2) is 0 Å². The SMILES string of the molecule is Cc1ccc(CN2CCC(O)c3ccccc32)cc1. The van der Waals surface area contributed by atoms with Crippen LogP contribution in [0.15, 0.2) is 48.5 Å². The lowest BCUT2D eigenvalue weighted by Crippen LogP contribution is -2.30. The number of aliphatic hydroxyl groups is 1. The fourth-order valence-electron chi connectivity index (χ4n) is 2.69. The zero-order valence-electron chi connectivity index (χ0n) is 11.2. The van der Waals surface area contributed by atoms with E-state index in [2.05, 4.69) is 42.2 Å². The summed E-state index contributed by atoms with van der Waals surface area (Å²) >= 11 is 0. The molecule has 0 saturated carbocycles. The van der Waals surface area contributed by atoms with Crippen molar-refractivity contribution in [2.45, 2.75) is 26.0 Å². The van der Waals surface area contributed by atoms with Crippen LogP contribution in [-0.2, 0) is 6.54 Å². The Bertz CT molecular complexity index is 562. The Labute approximate surface area is 114 Å². The Kier molecular flexibility index (Phi) is 3.26. The van der Waals surface area contributed by atoms with Crippen molar-refractivity contribution in [1.82, 2.24) is 0 Å². The van der Waals surface area contributed by atoms with Gasteiger partial charge in [0.1, 0.15) is 0 Å². The average molecular weight is 253 g/mol. The van der Waals surface area contributed by atoms with Gasteiger partial charge in [0.05, 0.1) is 6.10 Å². The molecule has 0 radical (unpaired) electrons. The van der Waals surface area contributed by atoms with Crippen molar-refractivity contribution in [3.63, 3.8) is 0 Å². The van der Waals surface area contributed by atoms with Crippen molar-refractivity contribution < 1.29 is 5.11 Å². The number of hydrogen-bond donors (Lipinski definition) is 1. The Hall–Kier alpha value is -1.80. The average Bonchev–Trinajstić information content (AvgIpc) is 2.45. The summed E-state index contributed by atoms with van der Waals surface area (Å²) < 4.78 is 0. The Morgan fingerprint density at radius 1 is 1.11 bits per heavy atom. The third-order valence-corrected chi connectivity index (χ3v) is 3.80. The second-order valence-corrected chi connectivity index (χ2v) is 5.27. The Morgan fingerprint density at radius 2 is 1.84 bits per heavy atom. The van der Waals surface area contributed by atoms with Crippen LogP contribution in [0.4, 0.5) is 5.69 Å². The second kappa shape index (κ2) is 5.06. The van der Waals surface area contributed by atoms with Gasteiger partial charge in [-0.05, 0) is 25.0 Å². The topological polar surface area (TPSA) is 23.5 Å². The largest absolute Gasteiger partial charge is 0.388 e. The third kappa shape index (κ3) is 2.49. The van der Waals surface area contributed by atoms with Crippen molar-refractivity contribution in [2.24, 2.45) is 0 Å².